The third-order valence-electron chi connectivity index (χ3n) is 4.05. The van der Waals surface area contributed by atoms with Crippen molar-refractivity contribution in [3.63, 3.8) is 0 Å². The Morgan fingerprint density at radius 3 is 2.92 bits per heavy atom. The molecule has 6 heteroatoms. The average Bonchev–Trinajstić information content (AvgIpc) is 2.88. The molecule has 0 fully saturated rings. The Labute approximate surface area is 148 Å². The van der Waals surface area contributed by atoms with E-state index in [0.717, 1.165) is 47.2 Å². The Balaban J connectivity index is 2.48. The quantitative estimate of drug-likeness (QED) is 0.577. The minimum absolute atomic E-state index is 0.115. The van der Waals surface area contributed by atoms with E-state index in [-0.39, 0.29) is 6.54 Å². The van der Waals surface area contributed by atoms with Gasteiger partial charge in [-0.05, 0) is 45.0 Å². The van der Waals surface area contributed by atoms with E-state index < -0.39 is 5.97 Å². The number of fused-ring (bicyclic) bond motifs is 1. The number of carboxylic acid groups (broad SMARTS) is 1. The van der Waals surface area contributed by atoms with Gasteiger partial charge in [0.1, 0.15) is 6.54 Å². The van der Waals surface area contributed by atoms with Crippen LogP contribution in [0.4, 0.5) is 0 Å². The van der Waals surface area contributed by atoms with E-state index in [9.17, 15) is 9.90 Å². The highest BCUT2D eigenvalue weighted by Gasteiger charge is 2.18. The summed E-state index contributed by atoms with van der Waals surface area (Å²) in [5.74, 6) is -0.885. The maximum Gasteiger partial charge on any atom is 0.323 e. The van der Waals surface area contributed by atoms with Gasteiger partial charge < -0.3 is 20.7 Å². The van der Waals surface area contributed by atoms with E-state index in [1.165, 1.54) is 0 Å². The number of allylic oxidation sites excluding steroid dienone is 1. The molecule has 2 aromatic heterocycles. The molecule has 0 atom stereocenters. The van der Waals surface area contributed by atoms with Gasteiger partial charge in [0.15, 0.2) is 0 Å². The SMILES string of the molecule is C=Cc1c(/C=C\C)n(CC(=O)O)c2c(CNCCCCN)nccc12. The van der Waals surface area contributed by atoms with Crippen molar-refractivity contribution in [1.82, 2.24) is 14.9 Å². The zero-order chi connectivity index (χ0) is 18.2. The maximum atomic E-state index is 11.4. The lowest BCUT2D eigenvalue weighted by atomic mass is 10.1. The third kappa shape index (κ3) is 4.35. The number of nitrogens with two attached hydrogens (primary N) is 1. The first-order chi connectivity index (χ1) is 12.1. The maximum absolute atomic E-state index is 11.4. The Morgan fingerprint density at radius 2 is 2.28 bits per heavy atom. The number of carboxylic acids is 1. The average molecular weight is 342 g/mol. The topological polar surface area (TPSA) is 93.2 Å². The van der Waals surface area contributed by atoms with Crippen molar-refractivity contribution in [1.29, 1.82) is 0 Å². The highest BCUT2D eigenvalue weighted by molar-refractivity contribution is 5.95. The number of unbranched alkanes of at least 4 members (excludes halogenated alkanes) is 1. The van der Waals surface area contributed by atoms with E-state index in [0.29, 0.717) is 13.1 Å². The number of rotatable bonds is 10. The number of aromatic nitrogens is 2. The van der Waals surface area contributed by atoms with Crippen molar-refractivity contribution in [3.05, 3.63) is 41.9 Å². The summed E-state index contributed by atoms with van der Waals surface area (Å²) in [6.07, 6.45) is 9.33. The largest absolute Gasteiger partial charge is 0.480 e. The second-order valence-corrected chi connectivity index (χ2v) is 5.81. The molecule has 2 aromatic rings. The predicted octanol–water partition coefficient (Wildman–Crippen LogP) is 2.63. The van der Waals surface area contributed by atoms with Crippen LogP contribution in [0.25, 0.3) is 23.1 Å². The molecule has 134 valence electrons. The number of nitrogens with one attached hydrogen (secondary N) is 1. The number of carbonyl (C=O) groups is 1. The molecular weight excluding hydrogens is 316 g/mol. The number of aliphatic carboxylic acids is 1. The molecule has 0 saturated heterocycles. The minimum atomic E-state index is -0.885. The summed E-state index contributed by atoms with van der Waals surface area (Å²) >= 11 is 0. The monoisotopic (exact) mass is 342 g/mol. The highest BCUT2D eigenvalue weighted by Crippen LogP contribution is 2.30. The Kier molecular flexibility index (Phi) is 6.91. The van der Waals surface area contributed by atoms with Gasteiger partial charge in [0.05, 0.1) is 11.2 Å². The van der Waals surface area contributed by atoms with Gasteiger partial charge in [0.25, 0.3) is 0 Å². The summed E-state index contributed by atoms with van der Waals surface area (Å²) in [4.78, 5) is 15.9. The van der Waals surface area contributed by atoms with E-state index in [1.807, 2.05) is 25.1 Å². The van der Waals surface area contributed by atoms with E-state index in [4.69, 9.17) is 5.73 Å². The van der Waals surface area contributed by atoms with Gasteiger partial charge in [-0.2, -0.15) is 0 Å². The fraction of sp³-hybridized carbons (Fsp3) is 0.368. The van der Waals surface area contributed by atoms with Gasteiger partial charge in [-0.25, -0.2) is 0 Å². The first kappa shape index (κ1) is 18.9. The van der Waals surface area contributed by atoms with Crippen LogP contribution in [-0.4, -0.2) is 33.7 Å². The van der Waals surface area contributed by atoms with Gasteiger partial charge in [-0.3, -0.25) is 9.78 Å². The molecule has 0 radical (unpaired) electrons. The normalized spacial score (nSPS) is 11.4. The molecule has 0 saturated carbocycles. The molecule has 6 nitrogen and oxygen atoms in total. The molecule has 2 heterocycles. The van der Waals surface area contributed by atoms with Crippen molar-refractivity contribution >= 4 is 29.0 Å². The first-order valence-electron chi connectivity index (χ1n) is 8.51. The van der Waals surface area contributed by atoms with Crippen molar-refractivity contribution in [2.24, 2.45) is 5.73 Å². The minimum Gasteiger partial charge on any atom is -0.480 e. The van der Waals surface area contributed by atoms with Crippen LogP contribution in [0.1, 0.15) is 36.7 Å². The van der Waals surface area contributed by atoms with Crippen molar-refractivity contribution in [2.75, 3.05) is 13.1 Å². The molecule has 0 unspecified atom stereocenters. The highest BCUT2D eigenvalue weighted by atomic mass is 16.4. The van der Waals surface area contributed by atoms with Gasteiger partial charge in [0.2, 0.25) is 0 Å². The van der Waals surface area contributed by atoms with Crippen LogP contribution >= 0.6 is 0 Å². The molecule has 0 spiro atoms. The second-order valence-electron chi connectivity index (χ2n) is 5.81. The fourth-order valence-corrected chi connectivity index (χ4v) is 3.00. The summed E-state index contributed by atoms with van der Waals surface area (Å²) in [6.45, 7) is 7.81. The van der Waals surface area contributed by atoms with Crippen LogP contribution in [-0.2, 0) is 17.9 Å². The second kappa shape index (κ2) is 9.15. The predicted molar refractivity (Wildman–Crippen MR) is 102 cm³/mol. The summed E-state index contributed by atoms with van der Waals surface area (Å²) in [7, 11) is 0. The number of hydrogen-bond acceptors (Lipinski definition) is 4. The summed E-state index contributed by atoms with van der Waals surface area (Å²) < 4.78 is 1.80. The van der Waals surface area contributed by atoms with Crippen LogP contribution in [0.5, 0.6) is 0 Å². The molecule has 0 aliphatic rings. The molecular formula is C19H26N4O2. The van der Waals surface area contributed by atoms with E-state index in [2.05, 4.69) is 16.9 Å². The smallest absolute Gasteiger partial charge is 0.323 e. The molecule has 2 rings (SSSR count). The van der Waals surface area contributed by atoms with Crippen LogP contribution in [0.2, 0.25) is 0 Å². The zero-order valence-electron chi connectivity index (χ0n) is 14.7. The lowest BCUT2D eigenvalue weighted by Gasteiger charge is -2.10. The number of hydrogen-bond donors (Lipinski definition) is 3. The van der Waals surface area contributed by atoms with Gasteiger partial charge in [-0.15, -0.1) is 0 Å². The van der Waals surface area contributed by atoms with Gasteiger partial charge >= 0.3 is 5.97 Å². The first-order valence-corrected chi connectivity index (χ1v) is 8.51. The Hall–Kier alpha value is -2.44. The fourth-order valence-electron chi connectivity index (χ4n) is 3.00. The van der Waals surface area contributed by atoms with Crippen LogP contribution < -0.4 is 11.1 Å². The molecule has 4 N–H and O–H groups in total. The van der Waals surface area contributed by atoms with Crippen molar-refractivity contribution in [2.45, 2.75) is 32.9 Å². The molecule has 0 aromatic carbocycles. The standard InChI is InChI=1S/C19H26N4O2/c1-3-7-17-14(4-2)15-8-11-22-16(12-21-10-6-5-9-20)19(15)23(17)13-18(24)25/h3-4,7-8,11,21H,2,5-6,9-10,12-13,20H2,1H3,(H,24,25)/b7-3-. The summed E-state index contributed by atoms with van der Waals surface area (Å²) in [6, 6.07) is 1.91. The lowest BCUT2D eigenvalue weighted by molar-refractivity contribution is -0.137. The molecule has 0 aliphatic carbocycles. The Bertz CT molecular complexity index is 777. The lowest BCUT2D eigenvalue weighted by Crippen LogP contribution is -2.18. The van der Waals surface area contributed by atoms with E-state index >= 15 is 0 Å². The Morgan fingerprint density at radius 1 is 1.48 bits per heavy atom. The molecule has 0 amide bonds. The molecule has 0 aliphatic heterocycles. The van der Waals surface area contributed by atoms with E-state index in [1.54, 1.807) is 16.8 Å². The van der Waals surface area contributed by atoms with Crippen LogP contribution in [0.15, 0.2) is 24.9 Å². The summed E-state index contributed by atoms with van der Waals surface area (Å²) in [5.41, 5.74) is 8.97. The molecule has 0 bridgehead atoms. The van der Waals surface area contributed by atoms with Gasteiger partial charge in [-0.1, -0.05) is 18.7 Å². The summed E-state index contributed by atoms with van der Waals surface area (Å²) in [5, 5.41) is 13.7. The third-order valence-corrected chi connectivity index (χ3v) is 4.05. The van der Waals surface area contributed by atoms with Gasteiger partial charge in [0, 0.05) is 29.4 Å². The molecule has 25 heavy (non-hydrogen) atoms. The van der Waals surface area contributed by atoms with Crippen LogP contribution in [0.3, 0.4) is 0 Å². The van der Waals surface area contributed by atoms with Crippen molar-refractivity contribution in [3.8, 4) is 0 Å². The van der Waals surface area contributed by atoms with Crippen molar-refractivity contribution < 1.29 is 9.90 Å². The zero-order valence-corrected chi connectivity index (χ0v) is 14.7. The number of pyridine rings is 1. The van der Waals surface area contributed by atoms with Crippen LogP contribution in [0, 0.1) is 0 Å². The number of nitrogens with zero attached hydrogens (tertiary/aromatic N) is 2.